The Morgan fingerprint density at radius 1 is 1.40 bits per heavy atom. The first-order valence-corrected chi connectivity index (χ1v) is 7.88. The van der Waals surface area contributed by atoms with Crippen LogP contribution in [-0.2, 0) is 22.6 Å². The van der Waals surface area contributed by atoms with E-state index in [0.717, 1.165) is 12.1 Å². The van der Waals surface area contributed by atoms with Gasteiger partial charge in [-0.2, -0.15) is 0 Å². The Hall–Kier alpha value is -1.60. The highest BCUT2D eigenvalue weighted by Gasteiger charge is 2.27. The molecule has 0 aliphatic carbocycles. The van der Waals surface area contributed by atoms with Gasteiger partial charge < -0.3 is 19.9 Å². The molecule has 1 amide bonds. The zero-order valence-corrected chi connectivity index (χ0v) is 15.7. The topological polar surface area (TPSA) is 68.2 Å². The van der Waals surface area contributed by atoms with Crippen LogP contribution in [0.3, 0.4) is 0 Å². The highest BCUT2D eigenvalue weighted by atomic mass is 35.5. The first-order valence-electron chi connectivity index (χ1n) is 7.88. The van der Waals surface area contributed by atoms with E-state index >= 15 is 0 Å². The Kier molecular flexibility index (Phi) is 8.92. The monoisotopic (exact) mass is 386 g/mol. The molecule has 8 heteroatoms. The number of carbonyl (C=O) groups is 1. The number of carbonyl (C=O) groups excluding carboxylic acids is 1. The second kappa shape index (κ2) is 10.4. The van der Waals surface area contributed by atoms with Gasteiger partial charge >= 0.3 is 0 Å². The number of ether oxygens (including phenoxy) is 1. The van der Waals surface area contributed by atoms with E-state index in [1.807, 2.05) is 29.8 Å². The van der Waals surface area contributed by atoms with Crippen molar-refractivity contribution in [3.8, 4) is 0 Å². The summed E-state index contributed by atoms with van der Waals surface area (Å²) in [6, 6.07) is 7.93. The zero-order valence-electron chi connectivity index (χ0n) is 14.1. The number of imidazole rings is 1. The number of benzene rings is 1. The molecule has 2 N–H and O–H groups in total. The van der Waals surface area contributed by atoms with E-state index in [-0.39, 0.29) is 42.9 Å². The van der Waals surface area contributed by atoms with Crippen LogP contribution in [0.2, 0.25) is 0 Å². The summed E-state index contributed by atoms with van der Waals surface area (Å²) >= 11 is 0. The molecule has 1 aromatic heterocycles. The molecule has 0 bridgehead atoms. The molecule has 1 aliphatic rings. The molecule has 1 saturated heterocycles. The van der Waals surface area contributed by atoms with Gasteiger partial charge in [0, 0.05) is 32.0 Å². The molecule has 3 rings (SSSR count). The smallest absolute Gasteiger partial charge is 0.240 e. The molecule has 2 aromatic rings. The summed E-state index contributed by atoms with van der Waals surface area (Å²) < 4.78 is 7.53. The molecule has 0 spiro atoms. The Morgan fingerprint density at radius 2 is 2.20 bits per heavy atom. The first-order chi connectivity index (χ1) is 11.2. The van der Waals surface area contributed by atoms with Gasteiger partial charge in [0.2, 0.25) is 5.91 Å². The zero-order chi connectivity index (χ0) is 16.1. The van der Waals surface area contributed by atoms with Gasteiger partial charge in [-0.25, -0.2) is 4.98 Å². The molecular weight excluding hydrogens is 363 g/mol. The van der Waals surface area contributed by atoms with Crippen molar-refractivity contribution in [3.63, 3.8) is 0 Å². The van der Waals surface area contributed by atoms with Gasteiger partial charge in [0.25, 0.3) is 0 Å². The third-order valence-corrected chi connectivity index (χ3v) is 3.98. The molecule has 2 heterocycles. The van der Waals surface area contributed by atoms with Gasteiger partial charge in [0.15, 0.2) is 0 Å². The third-order valence-electron chi connectivity index (χ3n) is 3.98. The maximum absolute atomic E-state index is 12.3. The van der Waals surface area contributed by atoms with Crippen molar-refractivity contribution in [1.82, 2.24) is 20.2 Å². The van der Waals surface area contributed by atoms with Crippen LogP contribution in [0, 0.1) is 0 Å². The molecule has 138 valence electrons. The predicted molar refractivity (Wildman–Crippen MR) is 101 cm³/mol. The van der Waals surface area contributed by atoms with Crippen LogP contribution < -0.4 is 10.6 Å². The molecule has 1 aromatic carbocycles. The molecule has 1 fully saturated rings. The molecule has 0 unspecified atom stereocenters. The standard InChI is InChI=1S/C17H22N4O2.2ClH/c1-13-16(19-6-8-23-13)17(22)20-10-14-3-2-4-15(9-14)11-21-7-5-18-12-21;;/h2-5,7,9,12-13,16,19H,6,8,10-11H2,1H3,(H,20,22);2*1H/t13-,16+;;/m1../s1. The van der Waals surface area contributed by atoms with Gasteiger partial charge in [-0.1, -0.05) is 24.3 Å². The first kappa shape index (κ1) is 21.4. The quantitative estimate of drug-likeness (QED) is 0.821. The van der Waals surface area contributed by atoms with Crippen molar-refractivity contribution in [2.24, 2.45) is 0 Å². The Labute approximate surface area is 160 Å². The van der Waals surface area contributed by atoms with Gasteiger partial charge in [0.1, 0.15) is 6.04 Å². The molecular formula is C17H24Cl2N4O2. The van der Waals surface area contributed by atoms with Crippen molar-refractivity contribution < 1.29 is 9.53 Å². The minimum absolute atomic E-state index is 0. The maximum atomic E-state index is 12.3. The number of nitrogens with one attached hydrogen (secondary N) is 2. The van der Waals surface area contributed by atoms with Crippen molar-refractivity contribution in [3.05, 3.63) is 54.1 Å². The fourth-order valence-electron chi connectivity index (χ4n) is 2.76. The average Bonchev–Trinajstić information content (AvgIpc) is 3.06. The SMILES string of the molecule is C[C@H]1OCCN[C@@H]1C(=O)NCc1cccc(Cn2ccnc2)c1.Cl.Cl. The fraction of sp³-hybridized carbons (Fsp3) is 0.412. The van der Waals surface area contributed by atoms with E-state index in [0.29, 0.717) is 19.7 Å². The Balaban J connectivity index is 0.00000156. The van der Waals surface area contributed by atoms with E-state index in [4.69, 9.17) is 4.74 Å². The van der Waals surface area contributed by atoms with Crippen LogP contribution in [0.25, 0.3) is 0 Å². The Bertz CT molecular complexity index is 652. The summed E-state index contributed by atoms with van der Waals surface area (Å²) in [4.78, 5) is 16.3. The number of morpholine rings is 1. The van der Waals surface area contributed by atoms with Crippen LogP contribution >= 0.6 is 24.8 Å². The highest BCUT2D eigenvalue weighted by Crippen LogP contribution is 2.08. The summed E-state index contributed by atoms with van der Waals surface area (Å²) in [5, 5.41) is 6.18. The number of hydrogen-bond acceptors (Lipinski definition) is 4. The van der Waals surface area contributed by atoms with E-state index in [1.165, 1.54) is 5.56 Å². The normalized spacial score (nSPS) is 19.4. The molecule has 25 heavy (non-hydrogen) atoms. The molecule has 6 nitrogen and oxygen atoms in total. The molecule has 0 saturated carbocycles. The lowest BCUT2D eigenvalue weighted by Gasteiger charge is -2.29. The number of rotatable bonds is 5. The number of hydrogen-bond donors (Lipinski definition) is 2. The fourth-order valence-corrected chi connectivity index (χ4v) is 2.76. The number of halogens is 2. The number of nitrogens with zero attached hydrogens (tertiary/aromatic N) is 2. The summed E-state index contributed by atoms with van der Waals surface area (Å²) in [6.07, 6.45) is 5.40. The minimum atomic E-state index is -0.280. The van der Waals surface area contributed by atoms with Crippen LogP contribution in [-0.4, -0.2) is 40.8 Å². The maximum Gasteiger partial charge on any atom is 0.240 e. The van der Waals surface area contributed by atoms with E-state index in [1.54, 1.807) is 12.5 Å². The summed E-state index contributed by atoms with van der Waals surface area (Å²) in [5.41, 5.74) is 2.27. The van der Waals surface area contributed by atoms with Gasteiger partial charge in [-0.15, -0.1) is 24.8 Å². The largest absolute Gasteiger partial charge is 0.375 e. The molecule has 2 atom stereocenters. The van der Waals surface area contributed by atoms with Crippen molar-refractivity contribution in [2.45, 2.75) is 32.2 Å². The van der Waals surface area contributed by atoms with Crippen molar-refractivity contribution in [1.29, 1.82) is 0 Å². The molecule has 0 radical (unpaired) electrons. The van der Waals surface area contributed by atoms with E-state index in [2.05, 4.69) is 27.8 Å². The second-order valence-corrected chi connectivity index (χ2v) is 5.78. The highest BCUT2D eigenvalue weighted by molar-refractivity contribution is 5.85. The number of amides is 1. The van der Waals surface area contributed by atoms with Gasteiger partial charge in [-0.05, 0) is 18.1 Å². The van der Waals surface area contributed by atoms with Crippen molar-refractivity contribution in [2.75, 3.05) is 13.2 Å². The van der Waals surface area contributed by atoms with Crippen LogP contribution in [0.1, 0.15) is 18.1 Å². The van der Waals surface area contributed by atoms with Crippen LogP contribution in [0.15, 0.2) is 43.0 Å². The lowest BCUT2D eigenvalue weighted by Crippen LogP contribution is -2.55. The lowest BCUT2D eigenvalue weighted by atomic mass is 10.1. The predicted octanol–water partition coefficient (Wildman–Crippen LogP) is 1.77. The molecule has 1 aliphatic heterocycles. The summed E-state index contributed by atoms with van der Waals surface area (Å²) in [5.74, 6) is -0.0165. The van der Waals surface area contributed by atoms with Gasteiger partial charge in [-0.3, -0.25) is 4.79 Å². The Morgan fingerprint density at radius 3 is 2.92 bits per heavy atom. The lowest BCUT2D eigenvalue weighted by molar-refractivity contribution is -0.129. The minimum Gasteiger partial charge on any atom is -0.375 e. The van der Waals surface area contributed by atoms with Crippen LogP contribution in [0.4, 0.5) is 0 Å². The third kappa shape index (κ3) is 6.01. The average molecular weight is 387 g/mol. The van der Waals surface area contributed by atoms with Gasteiger partial charge in [0.05, 0.1) is 19.0 Å². The second-order valence-electron chi connectivity index (χ2n) is 5.78. The van der Waals surface area contributed by atoms with E-state index in [9.17, 15) is 4.79 Å². The van der Waals surface area contributed by atoms with Crippen LogP contribution in [0.5, 0.6) is 0 Å². The summed E-state index contributed by atoms with van der Waals surface area (Å²) in [7, 11) is 0. The summed E-state index contributed by atoms with van der Waals surface area (Å²) in [6.45, 7) is 4.57. The van der Waals surface area contributed by atoms with Crippen molar-refractivity contribution >= 4 is 30.7 Å². The van der Waals surface area contributed by atoms with E-state index < -0.39 is 0 Å². The number of aromatic nitrogens is 2.